The standard InChI is InChI=1S/C47H32/c1-47(2)44-28-32-12-4-3-11-31(32)26-43(44)45-39-18-10-9-17-38(39)42-25-33(23-24-40(42)46(45)47)29-19-21-30(22-20-29)41-27-34-13-5-6-14-35(34)36-15-7-8-16-37(36)41/h3-28H,1-2H3. The Hall–Kier alpha value is -5.72. The fourth-order valence-electron chi connectivity index (χ4n) is 8.53. The predicted octanol–water partition coefficient (Wildman–Crippen LogP) is 13.1. The molecule has 0 heterocycles. The lowest BCUT2D eigenvalue weighted by Crippen LogP contribution is -2.15. The van der Waals surface area contributed by atoms with Gasteiger partial charge in [-0.3, -0.25) is 0 Å². The van der Waals surface area contributed by atoms with E-state index >= 15 is 0 Å². The maximum atomic E-state index is 2.43. The van der Waals surface area contributed by atoms with Crippen LogP contribution in [-0.2, 0) is 5.41 Å². The van der Waals surface area contributed by atoms with Gasteiger partial charge >= 0.3 is 0 Å². The number of rotatable bonds is 2. The Morgan fingerprint density at radius 2 is 0.872 bits per heavy atom. The maximum Gasteiger partial charge on any atom is 0.0165 e. The molecule has 220 valence electrons. The Morgan fingerprint density at radius 3 is 1.62 bits per heavy atom. The van der Waals surface area contributed by atoms with Crippen molar-refractivity contribution in [3.05, 3.63) is 169 Å². The smallest absolute Gasteiger partial charge is 0.0165 e. The SMILES string of the molecule is CC1(C)c2cc3ccccc3cc2-c2c1c1ccc(-c3ccc(-c4cc5ccccc5c5ccccc45)cc3)cc1c1ccccc21. The molecule has 9 aromatic carbocycles. The summed E-state index contributed by atoms with van der Waals surface area (Å²) in [4.78, 5) is 0. The van der Waals surface area contributed by atoms with Gasteiger partial charge in [-0.15, -0.1) is 0 Å². The summed E-state index contributed by atoms with van der Waals surface area (Å²) in [6, 6.07) is 58.8. The molecule has 9 aromatic rings. The molecule has 0 N–H and O–H groups in total. The number of benzene rings is 9. The van der Waals surface area contributed by atoms with Gasteiger partial charge in [-0.05, 0) is 123 Å². The fourth-order valence-corrected chi connectivity index (χ4v) is 8.53. The summed E-state index contributed by atoms with van der Waals surface area (Å²) in [7, 11) is 0. The fraction of sp³-hybridized carbons (Fsp3) is 0.0638. The first-order chi connectivity index (χ1) is 23.1. The van der Waals surface area contributed by atoms with Gasteiger partial charge in [0.2, 0.25) is 0 Å². The van der Waals surface area contributed by atoms with Crippen LogP contribution in [0.25, 0.3) is 87.2 Å². The molecule has 0 saturated heterocycles. The molecule has 0 heteroatoms. The average molecular weight is 597 g/mol. The topological polar surface area (TPSA) is 0 Å². The predicted molar refractivity (Wildman–Crippen MR) is 202 cm³/mol. The molecule has 0 aliphatic heterocycles. The Balaban J connectivity index is 1.15. The Labute approximate surface area is 274 Å². The van der Waals surface area contributed by atoms with E-state index in [1.165, 1.54) is 98.4 Å². The van der Waals surface area contributed by atoms with Crippen molar-refractivity contribution in [3.8, 4) is 33.4 Å². The second kappa shape index (κ2) is 9.64. The van der Waals surface area contributed by atoms with Crippen LogP contribution in [-0.4, -0.2) is 0 Å². The minimum Gasteiger partial charge on any atom is -0.0616 e. The van der Waals surface area contributed by atoms with Gasteiger partial charge in [0.15, 0.2) is 0 Å². The van der Waals surface area contributed by atoms with Crippen molar-refractivity contribution in [2.45, 2.75) is 19.3 Å². The molecule has 1 aliphatic carbocycles. The minimum atomic E-state index is -0.108. The van der Waals surface area contributed by atoms with Gasteiger partial charge in [0.25, 0.3) is 0 Å². The molecule has 1 aliphatic rings. The third kappa shape index (κ3) is 3.76. The highest BCUT2D eigenvalue weighted by Crippen LogP contribution is 2.55. The van der Waals surface area contributed by atoms with Crippen molar-refractivity contribution in [2.75, 3.05) is 0 Å². The van der Waals surface area contributed by atoms with Crippen LogP contribution in [0.5, 0.6) is 0 Å². The van der Waals surface area contributed by atoms with Crippen molar-refractivity contribution in [1.82, 2.24) is 0 Å². The van der Waals surface area contributed by atoms with E-state index < -0.39 is 0 Å². The molecule has 47 heavy (non-hydrogen) atoms. The van der Waals surface area contributed by atoms with E-state index in [1.807, 2.05) is 0 Å². The highest BCUT2D eigenvalue weighted by molar-refractivity contribution is 6.19. The van der Waals surface area contributed by atoms with Crippen LogP contribution in [0, 0.1) is 0 Å². The number of hydrogen-bond donors (Lipinski definition) is 0. The van der Waals surface area contributed by atoms with E-state index in [0.717, 1.165) is 0 Å². The molecular weight excluding hydrogens is 565 g/mol. The van der Waals surface area contributed by atoms with E-state index in [1.54, 1.807) is 0 Å². The Bertz CT molecular complexity index is 2740. The molecule has 0 nitrogen and oxygen atoms in total. The van der Waals surface area contributed by atoms with Gasteiger partial charge in [-0.2, -0.15) is 0 Å². The lowest BCUT2D eigenvalue weighted by molar-refractivity contribution is 0.667. The second-order valence-electron chi connectivity index (χ2n) is 13.7. The maximum absolute atomic E-state index is 2.43. The minimum absolute atomic E-state index is 0.108. The Morgan fingerprint density at radius 1 is 0.340 bits per heavy atom. The lowest BCUT2D eigenvalue weighted by Gasteiger charge is -2.24. The van der Waals surface area contributed by atoms with Crippen LogP contribution in [0.2, 0.25) is 0 Å². The summed E-state index contributed by atoms with van der Waals surface area (Å²) in [5.41, 5.74) is 10.5. The van der Waals surface area contributed by atoms with Crippen molar-refractivity contribution in [3.63, 3.8) is 0 Å². The first kappa shape index (κ1) is 26.5. The van der Waals surface area contributed by atoms with Crippen LogP contribution in [0.3, 0.4) is 0 Å². The lowest BCUT2D eigenvalue weighted by atomic mass is 9.78. The zero-order valence-corrected chi connectivity index (χ0v) is 26.5. The van der Waals surface area contributed by atoms with Crippen molar-refractivity contribution < 1.29 is 0 Å². The number of fused-ring (bicyclic) bond motifs is 12. The van der Waals surface area contributed by atoms with E-state index in [-0.39, 0.29) is 5.41 Å². The Kier molecular flexibility index (Phi) is 5.44. The van der Waals surface area contributed by atoms with Crippen molar-refractivity contribution in [2.24, 2.45) is 0 Å². The van der Waals surface area contributed by atoms with Crippen molar-refractivity contribution >= 4 is 53.9 Å². The molecular formula is C47H32. The molecule has 0 spiro atoms. The summed E-state index contributed by atoms with van der Waals surface area (Å²) < 4.78 is 0. The zero-order chi connectivity index (χ0) is 31.3. The normalized spacial score (nSPS) is 13.5. The summed E-state index contributed by atoms with van der Waals surface area (Å²) in [5, 5.41) is 13.1. The van der Waals surface area contributed by atoms with Gasteiger partial charge in [0, 0.05) is 5.41 Å². The van der Waals surface area contributed by atoms with Gasteiger partial charge in [-0.1, -0.05) is 147 Å². The average Bonchev–Trinajstić information content (AvgIpc) is 3.36. The first-order valence-corrected chi connectivity index (χ1v) is 16.6. The van der Waals surface area contributed by atoms with E-state index in [0.29, 0.717) is 0 Å². The van der Waals surface area contributed by atoms with Crippen LogP contribution >= 0.6 is 0 Å². The monoisotopic (exact) mass is 596 g/mol. The van der Waals surface area contributed by atoms with Crippen LogP contribution in [0.4, 0.5) is 0 Å². The third-order valence-corrected chi connectivity index (χ3v) is 10.8. The molecule has 0 fully saturated rings. The van der Waals surface area contributed by atoms with Gasteiger partial charge < -0.3 is 0 Å². The summed E-state index contributed by atoms with van der Waals surface area (Å²) in [6.07, 6.45) is 0. The van der Waals surface area contributed by atoms with E-state index in [9.17, 15) is 0 Å². The quantitative estimate of drug-likeness (QED) is 0.174. The van der Waals surface area contributed by atoms with E-state index in [2.05, 4.69) is 172 Å². The second-order valence-corrected chi connectivity index (χ2v) is 13.7. The van der Waals surface area contributed by atoms with Crippen LogP contribution in [0.15, 0.2) is 158 Å². The highest BCUT2D eigenvalue weighted by Gasteiger charge is 2.38. The molecule has 0 radical (unpaired) electrons. The first-order valence-electron chi connectivity index (χ1n) is 16.6. The van der Waals surface area contributed by atoms with Crippen LogP contribution in [0.1, 0.15) is 25.0 Å². The van der Waals surface area contributed by atoms with Crippen LogP contribution < -0.4 is 0 Å². The summed E-state index contributed by atoms with van der Waals surface area (Å²) in [6.45, 7) is 4.81. The summed E-state index contributed by atoms with van der Waals surface area (Å²) >= 11 is 0. The van der Waals surface area contributed by atoms with Gasteiger partial charge in [-0.25, -0.2) is 0 Å². The molecule has 0 saturated carbocycles. The molecule has 0 atom stereocenters. The number of hydrogen-bond acceptors (Lipinski definition) is 0. The molecule has 0 aromatic heterocycles. The van der Waals surface area contributed by atoms with Crippen molar-refractivity contribution in [1.29, 1.82) is 0 Å². The zero-order valence-electron chi connectivity index (χ0n) is 26.5. The highest BCUT2D eigenvalue weighted by atomic mass is 14.4. The molecule has 0 bridgehead atoms. The molecule has 0 unspecified atom stereocenters. The largest absolute Gasteiger partial charge is 0.0616 e. The molecule has 0 amide bonds. The van der Waals surface area contributed by atoms with E-state index in [4.69, 9.17) is 0 Å². The third-order valence-electron chi connectivity index (χ3n) is 10.8. The molecule has 10 rings (SSSR count). The van der Waals surface area contributed by atoms with Gasteiger partial charge in [0.1, 0.15) is 0 Å². The van der Waals surface area contributed by atoms with Gasteiger partial charge in [0.05, 0.1) is 0 Å². The summed E-state index contributed by atoms with van der Waals surface area (Å²) in [5.74, 6) is 0.